The van der Waals surface area contributed by atoms with Gasteiger partial charge in [-0.1, -0.05) is 23.5 Å². The quantitative estimate of drug-likeness (QED) is 0.436. The van der Waals surface area contributed by atoms with E-state index in [9.17, 15) is 10.1 Å². The van der Waals surface area contributed by atoms with Crippen molar-refractivity contribution in [2.75, 3.05) is 5.32 Å². The summed E-state index contributed by atoms with van der Waals surface area (Å²) in [4.78, 5) is 19.8. The number of benzene rings is 1. The summed E-state index contributed by atoms with van der Waals surface area (Å²) in [7, 11) is 0. The summed E-state index contributed by atoms with van der Waals surface area (Å²) in [6.07, 6.45) is 4.74. The lowest BCUT2D eigenvalue weighted by Crippen LogP contribution is -2.09. The first-order valence-electron chi connectivity index (χ1n) is 7.45. The van der Waals surface area contributed by atoms with Crippen LogP contribution in [0.4, 0.5) is 11.6 Å². The van der Waals surface area contributed by atoms with E-state index in [1.165, 1.54) is 22.1 Å². The van der Waals surface area contributed by atoms with Crippen molar-refractivity contribution in [2.24, 2.45) is 0 Å². The van der Waals surface area contributed by atoms with E-state index in [-0.39, 0.29) is 17.7 Å². The van der Waals surface area contributed by atoms with Gasteiger partial charge in [0.15, 0.2) is 0 Å². The molecule has 0 fully saturated rings. The fourth-order valence-electron chi connectivity index (χ4n) is 2.59. The maximum absolute atomic E-state index is 11.4. The molecule has 0 saturated carbocycles. The zero-order valence-electron chi connectivity index (χ0n) is 13.1. The van der Waals surface area contributed by atoms with E-state index in [0.29, 0.717) is 4.96 Å². The molecule has 25 heavy (non-hydrogen) atoms. The molecule has 1 atom stereocenters. The molecule has 0 saturated heterocycles. The zero-order valence-corrected chi connectivity index (χ0v) is 13.9. The molecule has 3 aromatic heterocycles. The summed E-state index contributed by atoms with van der Waals surface area (Å²) in [6.45, 7) is 1.93. The van der Waals surface area contributed by atoms with Crippen LogP contribution in [0.15, 0.2) is 48.5 Å². The first kappa shape index (κ1) is 15.3. The molecule has 10 heteroatoms. The molecule has 0 aliphatic rings. The van der Waals surface area contributed by atoms with Gasteiger partial charge in [0.25, 0.3) is 4.96 Å². The molecule has 1 unspecified atom stereocenters. The molecule has 0 spiro atoms. The highest BCUT2D eigenvalue weighted by atomic mass is 32.1. The van der Waals surface area contributed by atoms with Gasteiger partial charge in [0.2, 0.25) is 5.82 Å². The highest BCUT2D eigenvalue weighted by Gasteiger charge is 2.24. The Labute approximate surface area is 145 Å². The molecule has 1 aromatic carbocycles. The molecule has 0 amide bonds. The van der Waals surface area contributed by atoms with E-state index in [1.807, 2.05) is 31.2 Å². The summed E-state index contributed by atoms with van der Waals surface area (Å²) in [5.41, 5.74) is 1.87. The molecule has 0 aliphatic carbocycles. The minimum atomic E-state index is -0.421. The Morgan fingerprint density at radius 1 is 1.32 bits per heavy atom. The van der Waals surface area contributed by atoms with Crippen LogP contribution in [-0.4, -0.2) is 29.1 Å². The fraction of sp³-hybridized carbons (Fsp3) is 0.133. The lowest BCUT2D eigenvalue weighted by atomic mass is 10.1. The lowest BCUT2D eigenvalue weighted by molar-refractivity contribution is -0.389. The predicted octanol–water partition coefficient (Wildman–Crippen LogP) is 3.06. The van der Waals surface area contributed by atoms with E-state index < -0.39 is 4.92 Å². The zero-order chi connectivity index (χ0) is 17.4. The number of fused-ring (bicyclic) bond motifs is 1. The number of nitrogens with zero attached hydrogens (tertiary/aromatic N) is 6. The third-order valence-electron chi connectivity index (χ3n) is 3.84. The highest BCUT2D eigenvalue weighted by Crippen LogP contribution is 2.30. The molecule has 0 bridgehead atoms. The third-order valence-corrected chi connectivity index (χ3v) is 4.60. The van der Waals surface area contributed by atoms with Gasteiger partial charge in [0.1, 0.15) is 18.9 Å². The van der Waals surface area contributed by atoms with E-state index in [0.717, 1.165) is 11.3 Å². The van der Waals surface area contributed by atoms with Gasteiger partial charge in [-0.2, -0.15) is 14.5 Å². The number of nitrogens with one attached hydrogen (secondary N) is 1. The topological polar surface area (TPSA) is 103 Å². The van der Waals surface area contributed by atoms with Crippen LogP contribution < -0.4 is 5.32 Å². The molecule has 3 heterocycles. The second kappa shape index (κ2) is 5.98. The molecular weight excluding hydrogens is 342 g/mol. The Kier molecular flexibility index (Phi) is 3.65. The second-order valence-electron chi connectivity index (χ2n) is 5.39. The van der Waals surface area contributed by atoms with Crippen LogP contribution in [0.5, 0.6) is 0 Å². The first-order chi connectivity index (χ1) is 12.1. The molecule has 1 N–H and O–H groups in total. The second-order valence-corrected chi connectivity index (χ2v) is 6.27. The Morgan fingerprint density at radius 3 is 2.80 bits per heavy atom. The van der Waals surface area contributed by atoms with Crippen molar-refractivity contribution in [2.45, 2.75) is 13.0 Å². The van der Waals surface area contributed by atoms with Gasteiger partial charge in [-0.3, -0.25) is 0 Å². The highest BCUT2D eigenvalue weighted by molar-refractivity contribution is 7.15. The standard InChI is InChI=1S/C15H13N7O2S/c1-10(11-2-4-12(5-3-11)21-9-16-8-17-21)18-13-14(22(23)24)20-6-7-25-15(20)19-13/h2-10,18H,1H3. The summed E-state index contributed by atoms with van der Waals surface area (Å²) >= 11 is 1.35. The normalized spacial score (nSPS) is 12.4. The predicted molar refractivity (Wildman–Crippen MR) is 93.1 cm³/mol. The third kappa shape index (κ3) is 2.72. The van der Waals surface area contributed by atoms with Gasteiger partial charge in [-0.05, 0) is 29.5 Å². The summed E-state index contributed by atoms with van der Waals surface area (Å²) < 4.78 is 3.14. The van der Waals surface area contributed by atoms with Crippen LogP contribution in [0.2, 0.25) is 0 Å². The fourth-order valence-corrected chi connectivity index (χ4v) is 3.30. The van der Waals surface area contributed by atoms with Crippen LogP contribution in [0.1, 0.15) is 18.5 Å². The van der Waals surface area contributed by atoms with Gasteiger partial charge in [0, 0.05) is 5.38 Å². The Bertz CT molecular complexity index is 1020. The minimum absolute atomic E-state index is 0.0534. The Morgan fingerprint density at radius 2 is 2.12 bits per heavy atom. The maximum Gasteiger partial charge on any atom is 0.372 e. The first-order valence-corrected chi connectivity index (χ1v) is 8.33. The van der Waals surface area contributed by atoms with Crippen LogP contribution in [0, 0.1) is 10.1 Å². The monoisotopic (exact) mass is 355 g/mol. The van der Waals surface area contributed by atoms with Crippen molar-refractivity contribution in [1.29, 1.82) is 0 Å². The van der Waals surface area contributed by atoms with Gasteiger partial charge in [-0.25, -0.2) is 9.67 Å². The van der Waals surface area contributed by atoms with Crippen LogP contribution in [-0.2, 0) is 0 Å². The summed E-state index contributed by atoms with van der Waals surface area (Å²) in [5, 5.41) is 20.4. The number of hydrogen-bond donors (Lipinski definition) is 1. The van der Waals surface area contributed by atoms with E-state index in [2.05, 4.69) is 20.4 Å². The summed E-state index contributed by atoms with van der Waals surface area (Å²) in [6, 6.07) is 7.58. The van der Waals surface area contributed by atoms with E-state index in [1.54, 1.807) is 22.6 Å². The number of imidazole rings is 1. The molecular formula is C15H13N7O2S. The van der Waals surface area contributed by atoms with Gasteiger partial charge in [0.05, 0.1) is 11.7 Å². The summed E-state index contributed by atoms with van der Waals surface area (Å²) in [5.74, 6) is 0.215. The smallest absolute Gasteiger partial charge is 0.358 e. The number of rotatable bonds is 5. The average molecular weight is 355 g/mol. The van der Waals surface area contributed by atoms with Crippen LogP contribution in [0.25, 0.3) is 10.6 Å². The van der Waals surface area contributed by atoms with Crippen molar-refractivity contribution in [3.63, 3.8) is 0 Å². The van der Waals surface area contributed by atoms with Crippen LogP contribution in [0.3, 0.4) is 0 Å². The minimum Gasteiger partial charge on any atom is -0.358 e. The SMILES string of the molecule is CC(Nc1nc2sccn2c1[N+](=O)[O-])c1ccc(-n2cncn2)cc1. The van der Waals surface area contributed by atoms with Crippen LogP contribution >= 0.6 is 11.3 Å². The van der Waals surface area contributed by atoms with E-state index >= 15 is 0 Å². The number of hydrogen-bond acceptors (Lipinski definition) is 7. The molecule has 126 valence electrons. The van der Waals surface area contributed by atoms with Crippen molar-refractivity contribution in [3.05, 3.63) is 64.2 Å². The van der Waals surface area contributed by atoms with Crippen molar-refractivity contribution in [1.82, 2.24) is 24.1 Å². The molecule has 4 aromatic rings. The molecule has 0 aliphatic heterocycles. The Hall–Kier alpha value is -3.27. The van der Waals surface area contributed by atoms with Crippen molar-refractivity contribution >= 4 is 27.9 Å². The molecule has 9 nitrogen and oxygen atoms in total. The van der Waals surface area contributed by atoms with Gasteiger partial charge >= 0.3 is 5.82 Å². The number of aromatic nitrogens is 5. The van der Waals surface area contributed by atoms with Gasteiger partial charge in [-0.15, -0.1) is 0 Å². The largest absolute Gasteiger partial charge is 0.372 e. The molecule has 0 radical (unpaired) electrons. The van der Waals surface area contributed by atoms with Gasteiger partial charge < -0.3 is 15.4 Å². The average Bonchev–Trinajstić information content (AvgIpc) is 3.31. The Balaban J connectivity index is 1.60. The van der Waals surface area contributed by atoms with Crippen molar-refractivity contribution < 1.29 is 4.92 Å². The molecule has 4 rings (SSSR count). The van der Waals surface area contributed by atoms with E-state index in [4.69, 9.17) is 0 Å². The van der Waals surface area contributed by atoms with Crippen molar-refractivity contribution in [3.8, 4) is 5.69 Å². The lowest BCUT2D eigenvalue weighted by Gasteiger charge is -2.14. The number of anilines is 1. The maximum atomic E-state index is 11.4. The number of nitro groups is 1. The number of thiazole rings is 1.